The van der Waals surface area contributed by atoms with Crippen molar-refractivity contribution >= 4 is 24.2 Å². The maximum Gasteiger partial charge on any atom is 0.142 e. The Labute approximate surface area is 64.5 Å². The third kappa shape index (κ3) is 1.37. The van der Waals surface area contributed by atoms with Gasteiger partial charge in [0.2, 0.25) is 0 Å². The predicted octanol–water partition coefficient (Wildman–Crippen LogP) is 2.33. The van der Waals surface area contributed by atoms with Crippen molar-refractivity contribution in [3.8, 4) is 0 Å². The molecule has 1 heterocycles. The molecule has 0 atom stereocenters. The van der Waals surface area contributed by atoms with Crippen LogP contribution in [0.3, 0.4) is 0 Å². The summed E-state index contributed by atoms with van der Waals surface area (Å²) in [5, 5.41) is 0.471. The van der Waals surface area contributed by atoms with Gasteiger partial charge in [-0.05, 0) is 18.6 Å². The number of pyridine rings is 1. The van der Waals surface area contributed by atoms with Gasteiger partial charge in [0.25, 0.3) is 0 Å². The van der Waals surface area contributed by atoms with Gasteiger partial charge in [-0.1, -0.05) is 11.6 Å². The monoisotopic (exact) mass is 159 g/mol. The van der Waals surface area contributed by atoms with Crippen molar-refractivity contribution in [1.29, 1.82) is 0 Å². The van der Waals surface area contributed by atoms with E-state index in [0.29, 0.717) is 5.15 Å². The molecule has 1 nitrogen and oxygen atoms in total. The van der Waals surface area contributed by atoms with Crippen molar-refractivity contribution in [3.05, 3.63) is 23.0 Å². The summed E-state index contributed by atoms with van der Waals surface area (Å²) >= 11 is 9.74. The molecule has 0 unspecified atom stereocenters. The molecule has 1 aromatic rings. The number of aromatic nitrogens is 1. The number of halogens is 1. The van der Waals surface area contributed by atoms with Gasteiger partial charge in [0.05, 0.1) is 0 Å². The predicted molar refractivity (Wildman–Crippen MR) is 41.2 cm³/mol. The fourth-order valence-electron chi connectivity index (χ4n) is 0.517. The van der Waals surface area contributed by atoms with Gasteiger partial charge < -0.3 is 0 Å². The summed E-state index contributed by atoms with van der Waals surface area (Å²) in [5.41, 5.74) is 1.05. The average Bonchev–Trinajstić information content (AvgIpc) is 1.83. The Morgan fingerprint density at radius 3 is 2.78 bits per heavy atom. The van der Waals surface area contributed by atoms with Crippen LogP contribution in [0.15, 0.2) is 17.2 Å². The van der Waals surface area contributed by atoms with E-state index in [4.69, 9.17) is 11.6 Å². The summed E-state index contributed by atoms with van der Waals surface area (Å²) in [6.07, 6.45) is 1.66. The Balaban J connectivity index is 3.25. The molecule has 0 aliphatic carbocycles. The summed E-state index contributed by atoms with van der Waals surface area (Å²) in [6.45, 7) is 1.94. The molecule has 0 saturated heterocycles. The van der Waals surface area contributed by atoms with Crippen molar-refractivity contribution in [2.24, 2.45) is 0 Å². The zero-order valence-corrected chi connectivity index (χ0v) is 6.58. The minimum atomic E-state index is 0.471. The molecule has 0 radical (unpaired) electrons. The van der Waals surface area contributed by atoms with Crippen molar-refractivity contribution in [1.82, 2.24) is 4.98 Å². The lowest BCUT2D eigenvalue weighted by Crippen LogP contribution is -1.79. The summed E-state index contributed by atoms with van der Waals surface area (Å²) in [4.78, 5) is 4.59. The minimum Gasteiger partial charge on any atom is -0.243 e. The number of hydrogen-bond acceptors (Lipinski definition) is 2. The highest BCUT2D eigenvalue weighted by molar-refractivity contribution is 7.80. The van der Waals surface area contributed by atoms with Crippen LogP contribution in [-0.4, -0.2) is 4.98 Å². The molecule has 0 aliphatic rings. The van der Waals surface area contributed by atoms with E-state index < -0.39 is 0 Å². The third-order valence-electron chi connectivity index (χ3n) is 1.08. The van der Waals surface area contributed by atoms with Gasteiger partial charge >= 0.3 is 0 Å². The summed E-state index contributed by atoms with van der Waals surface area (Å²) in [5.74, 6) is 0. The lowest BCUT2D eigenvalue weighted by molar-refractivity contribution is 1.18. The molecule has 0 bridgehead atoms. The third-order valence-corrected chi connectivity index (χ3v) is 2.06. The van der Waals surface area contributed by atoms with Crippen LogP contribution in [0.4, 0.5) is 0 Å². The first-order chi connectivity index (χ1) is 4.22. The molecular weight excluding hydrogens is 154 g/mol. The van der Waals surface area contributed by atoms with Crippen LogP contribution in [0.5, 0.6) is 0 Å². The van der Waals surface area contributed by atoms with Crippen molar-refractivity contribution in [2.75, 3.05) is 0 Å². The largest absolute Gasteiger partial charge is 0.243 e. The van der Waals surface area contributed by atoms with Crippen molar-refractivity contribution in [3.63, 3.8) is 0 Å². The molecule has 0 fully saturated rings. The quantitative estimate of drug-likeness (QED) is 0.453. The van der Waals surface area contributed by atoms with Gasteiger partial charge in [0.1, 0.15) is 5.15 Å². The highest BCUT2D eigenvalue weighted by Crippen LogP contribution is 2.19. The maximum absolute atomic E-state index is 5.63. The van der Waals surface area contributed by atoms with E-state index in [-0.39, 0.29) is 0 Å². The van der Waals surface area contributed by atoms with E-state index in [1.54, 1.807) is 6.20 Å². The first-order valence-electron chi connectivity index (χ1n) is 2.52. The highest BCUT2D eigenvalue weighted by Gasteiger charge is 1.96. The molecule has 1 aromatic heterocycles. The van der Waals surface area contributed by atoms with Gasteiger partial charge in [-0.3, -0.25) is 0 Å². The number of nitrogens with zero attached hydrogens (tertiary/aromatic N) is 1. The van der Waals surface area contributed by atoms with Crippen molar-refractivity contribution < 1.29 is 0 Å². The number of hydrogen-bond donors (Lipinski definition) is 1. The van der Waals surface area contributed by atoms with Crippen LogP contribution in [-0.2, 0) is 0 Å². The summed E-state index contributed by atoms with van der Waals surface area (Å²) in [7, 11) is 0. The van der Waals surface area contributed by atoms with Gasteiger partial charge in [-0.15, -0.1) is 12.6 Å². The van der Waals surface area contributed by atoms with E-state index in [2.05, 4.69) is 17.6 Å². The molecule has 0 N–H and O–H groups in total. The second-order valence-electron chi connectivity index (χ2n) is 1.77. The van der Waals surface area contributed by atoms with E-state index in [1.807, 2.05) is 13.0 Å². The van der Waals surface area contributed by atoms with Gasteiger partial charge in [0.15, 0.2) is 0 Å². The summed E-state index contributed by atoms with van der Waals surface area (Å²) in [6, 6.07) is 1.87. The minimum absolute atomic E-state index is 0.471. The van der Waals surface area contributed by atoms with Crippen LogP contribution >= 0.6 is 24.2 Å². The molecule has 0 aliphatic heterocycles. The molecular formula is C6H6ClNS. The average molecular weight is 160 g/mol. The SMILES string of the molecule is Cc1ccnc(Cl)c1S. The standard InChI is InChI=1S/C6H6ClNS/c1-4-2-3-8-6(7)5(4)9/h2-3,9H,1H3. The van der Waals surface area contributed by atoms with Crippen LogP contribution in [0.25, 0.3) is 0 Å². The first-order valence-corrected chi connectivity index (χ1v) is 3.34. The Hall–Kier alpha value is -0.210. The Morgan fingerprint density at radius 1 is 1.67 bits per heavy atom. The second kappa shape index (κ2) is 2.58. The maximum atomic E-state index is 5.63. The number of aryl methyl sites for hydroxylation is 1. The summed E-state index contributed by atoms with van der Waals surface area (Å²) < 4.78 is 0. The molecule has 0 saturated carbocycles. The van der Waals surface area contributed by atoms with Crippen molar-refractivity contribution in [2.45, 2.75) is 11.8 Å². The second-order valence-corrected chi connectivity index (χ2v) is 2.57. The molecule has 0 amide bonds. The van der Waals surface area contributed by atoms with E-state index in [1.165, 1.54) is 0 Å². The van der Waals surface area contributed by atoms with E-state index in [0.717, 1.165) is 10.5 Å². The zero-order valence-electron chi connectivity index (χ0n) is 4.93. The number of thiol groups is 1. The zero-order chi connectivity index (χ0) is 6.85. The first kappa shape index (κ1) is 6.90. The molecule has 0 aromatic carbocycles. The molecule has 1 rings (SSSR count). The normalized spacial score (nSPS) is 9.67. The van der Waals surface area contributed by atoms with Crippen LogP contribution < -0.4 is 0 Å². The topological polar surface area (TPSA) is 12.9 Å². The lowest BCUT2D eigenvalue weighted by atomic mass is 10.3. The fraction of sp³-hybridized carbons (Fsp3) is 0.167. The molecule has 48 valence electrons. The van der Waals surface area contributed by atoms with Gasteiger partial charge in [-0.2, -0.15) is 0 Å². The fourth-order valence-corrected chi connectivity index (χ4v) is 0.855. The van der Waals surface area contributed by atoms with E-state index in [9.17, 15) is 0 Å². The van der Waals surface area contributed by atoms with Crippen LogP contribution in [0, 0.1) is 6.92 Å². The van der Waals surface area contributed by atoms with Gasteiger partial charge in [0, 0.05) is 11.1 Å². The van der Waals surface area contributed by atoms with Crippen LogP contribution in [0.2, 0.25) is 5.15 Å². The van der Waals surface area contributed by atoms with Crippen LogP contribution in [0.1, 0.15) is 5.56 Å². The smallest absolute Gasteiger partial charge is 0.142 e. The molecule has 3 heteroatoms. The van der Waals surface area contributed by atoms with E-state index >= 15 is 0 Å². The van der Waals surface area contributed by atoms with Gasteiger partial charge in [-0.25, -0.2) is 4.98 Å². The highest BCUT2D eigenvalue weighted by atomic mass is 35.5. The Kier molecular flexibility index (Phi) is 1.98. The lowest BCUT2D eigenvalue weighted by Gasteiger charge is -1.96. The molecule has 9 heavy (non-hydrogen) atoms. The number of rotatable bonds is 0. The molecule has 0 spiro atoms. The Morgan fingerprint density at radius 2 is 2.33 bits per heavy atom. The Bertz CT molecular complexity index is 204.